The first-order valence-corrected chi connectivity index (χ1v) is 8.99. The molecular formula is C22H24FN3O. The zero-order chi connectivity index (χ0) is 19.4. The molecule has 0 atom stereocenters. The van der Waals surface area contributed by atoms with Gasteiger partial charge in [-0.05, 0) is 51.4 Å². The predicted octanol–water partition coefficient (Wildman–Crippen LogP) is 3.89. The van der Waals surface area contributed by atoms with E-state index >= 15 is 0 Å². The van der Waals surface area contributed by atoms with Gasteiger partial charge in [0.25, 0.3) is 5.91 Å². The van der Waals surface area contributed by atoms with Gasteiger partial charge in [0.15, 0.2) is 0 Å². The Morgan fingerprint density at radius 2 is 1.81 bits per heavy atom. The third kappa shape index (κ3) is 4.68. The summed E-state index contributed by atoms with van der Waals surface area (Å²) in [6.45, 7) is 3.40. The minimum Gasteiger partial charge on any atom is -0.333 e. The quantitative estimate of drug-likeness (QED) is 0.665. The number of pyridine rings is 1. The van der Waals surface area contributed by atoms with Crippen LogP contribution in [-0.4, -0.2) is 47.9 Å². The van der Waals surface area contributed by atoms with E-state index in [2.05, 4.69) is 4.98 Å². The second-order valence-corrected chi connectivity index (χ2v) is 6.98. The number of aryl methyl sites for hydroxylation is 1. The molecule has 1 aromatic heterocycles. The van der Waals surface area contributed by atoms with Crippen LogP contribution in [-0.2, 0) is 6.54 Å². The molecule has 3 rings (SSSR count). The first-order chi connectivity index (χ1) is 12.9. The summed E-state index contributed by atoms with van der Waals surface area (Å²) in [4.78, 5) is 21.3. The molecule has 0 aliphatic rings. The minimum absolute atomic E-state index is 0.109. The molecule has 27 heavy (non-hydrogen) atoms. The fourth-order valence-corrected chi connectivity index (χ4v) is 2.95. The van der Waals surface area contributed by atoms with Gasteiger partial charge in [-0.2, -0.15) is 0 Å². The second-order valence-electron chi connectivity index (χ2n) is 6.98. The third-order valence-electron chi connectivity index (χ3n) is 4.50. The van der Waals surface area contributed by atoms with Gasteiger partial charge in [0, 0.05) is 41.8 Å². The van der Waals surface area contributed by atoms with Crippen molar-refractivity contribution in [2.75, 3.05) is 27.2 Å². The van der Waals surface area contributed by atoms with Crippen molar-refractivity contribution in [3.8, 4) is 0 Å². The van der Waals surface area contributed by atoms with Crippen LogP contribution in [0.1, 0.15) is 21.6 Å². The average molecular weight is 365 g/mol. The number of amides is 1. The molecule has 5 heteroatoms. The molecular weight excluding hydrogens is 341 g/mol. The Bertz CT molecular complexity index is 955. The lowest BCUT2D eigenvalue weighted by molar-refractivity contribution is 0.0730. The van der Waals surface area contributed by atoms with E-state index in [1.165, 1.54) is 6.07 Å². The second kappa shape index (κ2) is 8.27. The number of rotatable bonds is 6. The van der Waals surface area contributed by atoms with Gasteiger partial charge in [0.05, 0.1) is 5.52 Å². The molecule has 0 fully saturated rings. The number of halogens is 1. The van der Waals surface area contributed by atoms with E-state index in [0.29, 0.717) is 24.2 Å². The van der Waals surface area contributed by atoms with Crippen molar-refractivity contribution in [2.45, 2.75) is 13.5 Å². The standard InChI is InChI=1S/C22H24FN3O/c1-16-8-9-17-14-18(10-11-21(17)24-16)22(27)26(13-12-25(2)3)15-19-6-4-5-7-20(19)23/h4-11,14H,12-13,15H2,1-3H3. The summed E-state index contributed by atoms with van der Waals surface area (Å²) >= 11 is 0. The summed E-state index contributed by atoms with van der Waals surface area (Å²) in [7, 11) is 3.91. The van der Waals surface area contributed by atoms with Crippen LogP contribution in [0.5, 0.6) is 0 Å². The molecule has 0 saturated carbocycles. The Morgan fingerprint density at radius 3 is 2.56 bits per heavy atom. The van der Waals surface area contributed by atoms with Gasteiger partial charge in [0.2, 0.25) is 0 Å². The zero-order valence-corrected chi connectivity index (χ0v) is 15.9. The van der Waals surface area contributed by atoms with Crippen molar-refractivity contribution in [1.29, 1.82) is 0 Å². The fourth-order valence-electron chi connectivity index (χ4n) is 2.95. The van der Waals surface area contributed by atoms with Crippen LogP contribution >= 0.6 is 0 Å². The summed E-state index contributed by atoms with van der Waals surface area (Å²) in [6, 6.07) is 16.0. The Hall–Kier alpha value is -2.79. The molecule has 0 unspecified atom stereocenters. The average Bonchev–Trinajstić information content (AvgIpc) is 2.65. The van der Waals surface area contributed by atoms with Gasteiger partial charge in [0.1, 0.15) is 5.82 Å². The van der Waals surface area contributed by atoms with E-state index < -0.39 is 0 Å². The molecule has 1 amide bonds. The fraction of sp³-hybridized carbons (Fsp3) is 0.273. The number of fused-ring (bicyclic) bond motifs is 1. The zero-order valence-electron chi connectivity index (χ0n) is 15.9. The molecule has 3 aromatic rings. The van der Waals surface area contributed by atoms with Gasteiger partial charge in [-0.1, -0.05) is 24.3 Å². The van der Waals surface area contributed by atoms with Gasteiger partial charge in [-0.15, -0.1) is 0 Å². The predicted molar refractivity (Wildman–Crippen MR) is 106 cm³/mol. The normalized spacial score (nSPS) is 11.1. The van der Waals surface area contributed by atoms with Crippen molar-refractivity contribution in [2.24, 2.45) is 0 Å². The van der Waals surface area contributed by atoms with Crippen LogP contribution in [0.3, 0.4) is 0 Å². The molecule has 0 aliphatic heterocycles. The van der Waals surface area contributed by atoms with Crippen LogP contribution in [0.2, 0.25) is 0 Å². The van der Waals surface area contributed by atoms with Gasteiger partial charge in [-0.25, -0.2) is 4.39 Å². The van der Waals surface area contributed by atoms with Crippen molar-refractivity contribution in [3.05, 3.63) is 77.2 Å². The van der Waals surface area contributed by atoms with Gasteiger partial charge in [-0.3, -0.25) is 9.78 Å². The van der Waals surface area contributed by atoms with Gasteiger partial charge >= 0.3 is 0 Å². The summed E-state index contributed by atoms with van der Waals surface area (Å²) in [5, 5.41) is 0.921. The molecule has 0 saturated heterocycles. The van der Waals surface area contributed by atoms with E-state index in [4.69, 9.17) is 0 Å². The lowest BCUT2D eigenvalue weighted by Crippen LogP contribution is -2.36. The largest absolute Gasteiger partial charge is 0.333 e. The Balaban J connectivity index is 1.89. The number of carbonyl (C=O) groups excluding carboxylic acids is 1. The maximum Gasteiger partial charge on any atom is 0.254 e. The van der Waals surface area contributed by atoms with Crippen LogP contribution < -0.4 is 0 Å². The van der Waals surface area contributed by atoms with Crippen molar-refractivity contribution >= 4 is 16.8 Å². The monoisotopic (exact) mass is 365 g/mol. The van der Waals surface area contributed by atoms with Crippen molar-refractivity contribution in [1.82, 2.24) is 14.8 Å². The number of likely N-dealkylation sites (N-methyl/N-ethyl adjacent to an activating group) is 1. The number of hydrogen-bond acceptors (Lipinski definition) is 3. The van der Waals surface area contributed by atoms with Crippen LogP contribution in [0.25, 0.3) is 10.9 Å². The topological polar surface area (TPSA) is 36.4 Å². The molecule has 0 N–H and O–H groups in total. The minimum atomic E-state index is -0.293. The van der Waals surface area contributed by atoms with E-state index in [1.54, 1.807) is 29.2 Å². The lowest BCUT2D eigenvalue weighted by Gasteiger charge is -2.25. The first-order valence-electron chi connectivity index (χ1n) is 8.99. The number of hydrogen-bond donors (Lipinski definition) is 0. The number of benzene rings is 2. The van der Waals surface area contributed by atoms with Crippen molar-refractivity contribution in [3.63, 3.8) is 0 Å². The molecule has 140 valence electrons. The summed E-state index contributed by atoms with van der Waals surface area (Å²) in [5.74, 6) is -0.402. The lowest BCUT2D eigenvalue weighted by atomic mass is 10.1. The van der Waals surface area contributed by atoms with E-state index in [-0.39, 0.29) is 18.3 Å². The Labute approximate surface area is 159 Å². The van der Waals surface area contributed by atoms with Crippen LogP contribution in [0.4, 0.5) is 4.39 Å². The number of nitrogens with zero attached hydrogens (tertiary/aromatic N) is 3. The maximum atomic E-state index is 14.1. The first kappa shape index (κ1) is 19.0. The smallest absolute Gasteiger partial charge is 0.254 e. The molecule has 2 aromatic carbocycles. The molecule has 1 heterocycles. The molecule has 4 nitrogen and oxygen atoms in total. The SMILES string of the molecule is Cc1ccc2cc(C(=O)N(CCN(C)C)Cc3ccccc3F)ccc2n1. The highest BCUT2D eigenvalue weighted by molar-refractivity contribution is 5.98. The summed E-state index contributed by atoms with van der Waals surface area (Å²) < 4.78 is 14.1. The van der Waals surface area contributed by atoms with E-state index in [1.807, 2.05) is 50.2 Å². The molecule has 0 aliphatic carbocycles. The Morgan fingerprint density at radius 1 is 1.04 bits per heavy atom. The van der Waals surface area contributed by atoms with E-state index in [9.17, 15) is 9.18 Å². The summed E-state index contributed by atoms with van der Waals surface area (Å²) in [6.07, 6.45) is 0. The molecule has 0 bridgehead atoms. The van der Waals surface area contributed by atoms with Crippen molar-refractivity contribution < 1.29 is 9.18 Å². The highest BCUT2D eigenvalue weighted by Gasteiger charge is 2.18. The van der Waals surface area contributed by atoms with E-state index in [0.717, 1.165) is 16.6 Å². The van der Waals surface area contributed by atoms with Crippen LogP contribution in [0, 0.1) is 12.7 Å². The third-order valence-corrected chi connectivity index (χ3v) is 4.50. The van der Waals surface area contributed by atoms with Gasteiger partial charge < -0.3 is 9.80 Å². The maximum absolute atomic E-state index is 14.1. The highest BCUT2D eigenvalue weighted by atomic mass is 19.1. The molecule has 0 radical (unpaired) electrons. The number of aromatic nitrogens is 1. The van der Waals surface area contributed by atoms with Crippen LogP contribution in [0.15, 0.2) is 54.6 Å². The molecule has 0 spiro atoms. The summed E-state index contributed by atoms with van der Waals surface area (Å²) in [5.41, 5.74) is 2.90. The Kier molecular flexibility index (Phi) is 5.81. The number of carbonyl (C=O) groups is 1. The highest BCUT2D eigenvalue weighted by Crippen LogP contribution is 2.18.